The van der Waals surface area contributed by atoms with E-state index in [2.05, 4.69) is 15.5 Å². The Bertz CT molecular complexity index is 682. The molecule has 0 saturated heterocycles. The van der Waals surface area contributed by atoms with Gasteiger partial charge in [0.05, 0.1) is 11.4 Å². The van der Waals surface area contributed by atoms with Crippen LogP contribution in [0, 0.1) is 6.92 Å². The smallest absolute Gasteiger partial charge is 0.286 e. The normalized spacial score (nSPS) is 11.3. The SMILES string of the molecule is C/C(=N\Nc1nc(C)c(C(=O)NO)s1)c1ccc(Cl)cc1. The van der Waals surface area contributed by atoms with Crippen LogP contribution in [0.4, 0.5) is 5.13 Å². The number of hydrogen-bond acceptors (Lipinski definition) is 6. The van der Waals surface area contributed by atoms with Crippen molar-refractivity contribution >= 4 is 39.7 Å². The number of anilines is 1. The van der Waals surface area contributed by atoms with Gasteiger partial charge in [0.25, 0.3) is 5.91 Å². The summed E-state index contributed by atoms with van der Waals surface area (Å²) in [7, 11) is 0. The molecule has 2 rings (SSSR count). The van der Waals surface area contributed by atoms with Crippen molar-refractivity contribution in [3.8, 4) is 0 Å². The van der Waals surface area contributed by atoms with Gasteiger partial charge in [0, 0.05) is 5.02 Å². The predicted molar refractivity (Wildman–Crippen MR) is 83.4 cm³/mol. The number of nitrogens with one attached hydrogen (secondary N) is 2. The predicted octanol–water partition coefficient (Wildman–Crippen LogP) is 3.06. The van der Waals surface area contributed by atoms with Crippen molar-refractivity contribution in [3.63, 3.8) is 0 Å². The van der Waals surface area contributed by atoms with Gasteiger partial charge in [-0.1, -0.05) is 35.1 Å². The zero-order chi connectivity index (χ0) is 15.4. The Morgan fingerprint density at radius 2 is 2.05 bits per heavy atom. The van der Waals surface area contributed by atoms with Crippen molar-refractivity contribution in [2.75, 3.05) is 5.43 Å². The summed E-state index contributed by atoms with van der Waals surface area (Å²) in [5, 5.41) is 14.0. The Labute approximate surface area is 130 Å². The molecule has 0 aliphatic heterocycles. The molecular formula is C13H13ClN4O2S. The summed E-state index contributed by atoms with van der Waals surface area (Å²) < 4.78 is 0. The Kier molecular flexibility index (Phi) is 4.89. The standard InChI is InChI=1S/C13H13ClN4O2S/c1-7(9-3-5-10(14)6-4-9)16-17-13-15-8(2)11(21-13)12(19)18-20/h3-6,20H,1-2H3,(H,15,17)(H,18,19)/b16-7+. The van der Waals surface area contributed by atoms with Crippen molar-refractivity contribution in [2.24, 2.45) is 5.10 Å². The number of carbonyl (C=O) groups is 1. The summed E-state index contributed by atoms with van der Waals surface area (Å²) in [6.07, 6.45) is 0. The van der Waals surface area contributed by atoms with Gasteiger partial charge < -0.3 is 0 Å². The maximum absolute atomic E-state index is 11.4. The lowest BCUT2D eigenvalue weighted by molar-refractivity contribution is 0.0710. The molecule has 0 spiro atoms. The fourth-order valence-electron chi connectivity index (χ4n) is 1.59. The lowest BCUT2D eigenvalue weighted by Gasteiger charge is -2.01. The zero-order valence-corrected chi connectivity index (χ0v) is 12.9. The van der Waals surface area contributed by atoms with Gasteiger partial charge in [0.1, 0.15) is 4.88 Å². The molecule has 2 aromatic rings. The number of benzene rings is 1. The zero-order valence-electron chi connectivity index (χ0n) is 11.3. The van der Waals surface area contributed by atoms with E-state index in [1.165, 1.54) is 0 Å². The number of amides is 1. The molecule has 21 heavy (non-hydrogen) atoms. The summed E-state index contributed by atoms with van der Waals surface area (Å²) in [6.45, 7) is 3.53. The van der Waals surface area contributed by atoms with Gasteiger partial charge in [0.15, 0.2) is 0 Å². The third-order valence-electron chi connectivity index (χ3n) is 2.69. The molecule has 0 saturated carbocycles. The number of rotatable bonds is 4. The molecule has 0 aliphatic carbocycles. The van der Waals surface area contributed by atoms with Crippen molar-refractivity contribution < 1.29 is 10.0 Å². The van der Waals surface area contributed by atoms with Crippen LogP contribution in [-0.4, -0.2) is 21.8 Å². The van der Waals surface area contributed by atoms with Gasteiger partial charge in [0.2, 0.25) is 5.13 Å². The fraction of sp³-hybridized carbons (Fsp3) is 0.154. The van der Waals surface area contributed by atoms with Crippen molar-refractivity contribution in [3.05, 3.63) is 45.4 Å². The maximum atomic E-state index is 11.4. The monoisotopic (exact) mass is 324 g/mol. The van der Waals surface area contributed by atoms with Gasteiger partial charge in [-0.3, -0.25) is 15.4 Å². The number of carbonyl (C=O) groups excluding carboxylic acids is 1. The Morgan fingerprint density at radius 3 is 2.67 bits per heavy atom. The Balaban J connectivity index is 2.13. The minimum atomic E-state index is -0.587. The van der Waals surface area contributed by atoms with Crippen LogP contribution < -0.4 is 10.9 Å². The highest BCUT2D eigenvalue weighted by Crippen LogP contribution is 2.22. The van der Waals surface area contributed by atoms with Crippen molar-refractivity contribution in [2.45, 2.75) is 13.8 Å². The van der Waals surface area contributed by atoms with Crippen LogP contribution in [0.3, 0.4) is 0 Å². The minimum Gasteiger partial charge on any atom is -0.288 e. The van der Waals surface area contributed by atoms with Crippen LogP contribution >= 0.6 is 22.9 Å². The maximum Gasteiger partial charge on any atom is 0.286 e. The van der Waals surface area contributed by atoms with Crippen molar-refractivity contribution in [1.82, 2.24) is 10.5 Å². The second-order valence-corrected chi connectivity index (χ2v) is 5.63. The van der Waals surface area contributed by atoms with E-state index in [9.17, 15) is 4.79 Å². The van der Waals surface area contributed by atoms with E-state index in [0.29, 0.717) is 20.7 Å². The molecule has 0 aliphatic rings. The van der Waals surface area contributed by atoms with Gasteiger partial charge in [-0.15, -0.1) is 0 Å². The number of aryl methyl sites for hydroxylation is 1. The summed E-state index contributed by atoms with van der Waals surface area (Å²) in [5.74, 6) is -0.587. The molecule has 0 fully saturated rings. The number of nitrogens with zero attached hydrogens (tertiary/aromatic N) is 2. The highest BCUT2D eigenvalue weighted by molar-refractivity contribution is 7.17. The molecule has 1 aromatic heterocycles. The van der Waals surface area contributed by atoms with E-state index >= 15 is 0 Å². The first kappa shape index (κ1) is 15.4. The molecule has 1 aromatic carbocycles. The number of hydrazone groups is 1. The molecule has 0 radical (unpaired) electrons. The van der Waals surface area contributed by atoms with Gasteiger partial charge in [-0.05, 0) is 31.5 Å². The van der Waals surface area contributed by atoms with Gasteiger partial charge in [-0.2, -0.15) is 5.10 Å². The van der Waals surface area contributed by atoms with Crippen LogP contribution in [0.1, 0.15) is 27.9 Å². The highest BCUT2D eigenvalue weighted by Gasteiger charge is 2.14. The van der Waals surface area contributed by atoms with Crippen molar-refractivity contribution in [1.29, 1.82) is 0 Å². The van der Waals surface area contributed by atoms with Crippen LogP contribution in [0.2, 0.25) is 5.02 Å². The first-order valence-electron chi connectivity index (χ1n) is 5.99. The van der Waals surface area contributed by atoms with E-state index in [0.717, 1.165) is 22.6 Å². The molecule has 1 amide bonds. The van der Waals surface area contributed by atoms with Crippen LogP contribution in [0.5, 0.6) is 0 Å². The van der Waals surface area contributed by atoms with Gasteiger partial charge >= 0.3 is 0 Å². The van der Waals surface area contributed by atoms with E-state index in [1.54, 1.807) is 24.5 Å². The van der Waals surface area contributed by atoms with E-state index in [1.807, 2.05) is 19.1 Å². The number of hydroxylamine groups is 1. The fourth-order valence-corrected chi connectivity index (χ4v) is 2.52. The average molecular weight is 325 g/mol. The molecule has 1 heterocycles. The second kappa shape index (κ2) is 6.66. The van der Waals surface area contributed by atoms with E-state index < -0.39 is 5.91 Å². The van der Waals surface area contributed by atoms with Crippen LogP contribution in [0.15, 0.2) is 29.4 Å². The summed E-state index contributed by atoms with van der Waals surface area (Å²) in [4.78, 5) is 15.9. The quantitative estimate of drug-likeness (QED) is 0.458. The molecule has 0 atom stereocenters. The Morgan fingerprint density at radius 1 is 1.38 bits per heavy atom. The lowest BCUT2D eigenvalue weighted by Crippen LogP contribution is -2.18. The third-order valence-corrected chi connectivity index (χ3v) is 4.00. The highest BCUT2D eigenvalue weighted by atomic mass is 35.5. The molecule has 110 valence electrons. The number of aromatic nitrogens is 1. The Hall–Kier alpha value is -1.96. The van der Waals surface area contributed by atoms with Crippen LogP contribution in [0.25, 0.3) is 0 Å². The molecule has 6 nitrogen and oxygen atoms in total. The first-order valence-corrected chi connectivity index (χ1v) is 7.19. The van der Waals surface area contributed by atoms with Gasteiger partial charge in [-0.25, -0.2) is 10.5 Å². The largest absolute Gasteiger partial charge is 0.288 e. The second-order valence-electron chi connectivity index (χ2n) is 4.19. The third kappa shape index (κ3) is 3.78. The average Bonchev–Trinajstić information content (AvgIpc) is 2.86. The molecule has 3 N–H and O–H groups in total. The lowest BCUT2D eigenvalue weighted by atomic mass is 10.1. The number of hydrogen-bond donors (Lipinski definition) is 3. The number of halogens is 1. The molecular weight excluding hydrogens is 312 g/mol. The summed E-state index contributed by atoms with van der Waals surface area (Å²) in [6, 6.07) is 7.29. The van der Waals surface area contributed by atoms with E-state index in [4.69, 9.17) is 16.8 Å². The van der Waals surface area contributed by atoms with Crippen LogP contribution in [-0.2, 0) is 0 Å². The molecule has 0 unspecified atom stereocenters. The summed E-state index contributed by atoms with van der Waals surface area (Å²) >= 11 is 6.94. The first-order chi connectivity index (χ1) is 10.0. The summed E-state index contributed by atoms with van der Waals surface area (Å²) in [5.41, 5.74) is 6.59. The van der Waals surface area contributed by atoms with E-state index in [-0.39, 0.29) is 0 Å². The topological polar surface area (TPSA) is 86.6 Å². The minimum absolute atomic E-state index is 0.333. The number of thiazole rings is 1. The molecule has 0 bridgehead atoms. The molecule has 8 heteroatoms.